The van der Waals surface area contributed by atoms with Crippen LogP contribution >= 0.6 is 0 Å². The smallest absolute Gasteiger partial charge is 0.246 e. The summed E-state index contributed by atoms with van der Waals surface area (Å²) in [6.07, 6.45) is 0. The number of anilines is 2. The summed E-state index contributed by atoms with van der Waals surface area (Å²) >= 11 is 0. The van der Waals surface area contributed by atoms with Gasteiger partial charge in [-0.3, -0.25) is 4.79 Å². The van der Waals surface area contributed by atoms with E-state index >= 15 is 0 Å². The molecule has 3 rings (SSSR count). The number of benzene rings is 2. The van der Waals surface area contributed by atoms with E-state index < -0.39 is 20.7 Å². The summed E-state index contributed by atoms with van der Waals surface area (Å²) < 4.78 is 45.8. The third-order valence-corrected chi connectivity index (χ3v) is 5.94. The third kappa shape index (κ3) is 4.82. The van der Waals surface area contributed by atoms with E-state index in [1.165, 1.54) is 10.4 Å². The Morgan fingerprint density at radius 3 is 2.48 bits per heavy atom. The molecule has 1 aliphatic heterocycles. The summed E-state index contributed by atoms with van der Waals surface area (Å²) in [6, 6.07) is 12.7. The fraction of sp³-hybridized carbons (Fsp3) is 0.278. The monoisotopic (exact) mass is 393 g/mol. The second-order valence-electron chi connectivity index (χ2n) is 5.93. The quantitative estimate of drug-likeness (QED) is 0.783. The summed E-state index contributed by atoms with van der Waals surface area (Å²) in [5, 5.41) is 5.53. The van der Waals surface area contributed by atoms with Gasteiger partial charge in [-0.05, 0) is 30.3 Å². The van der Waals surface area contributed by atoms with E-state index in [4.69, 9.17) is 4.74 Å². The number of sulfonamides is 1. The van der Waals surface area contributed by atoms with Crippen molar-refractivity contribution < 1.29 is 22.3 Å². The topological polar surface area (TPSA) is 87.7 Å². The molecule has 0 saturated carbocycles. The van der Waals surface area contributed by atoms with E-state index in [0.29, 0.717) is 0 Å². The molecule has 0 bridgehead atoms. The van der Waals surface area contributed by atoms with E-state index in [9.17, 15) is 17.6 Å². The largest absolute Gasteiger partial charge is 0.379 e. The van der Waals surface area contributed by atoms with Crippen molar-refractivity contribution in [1.82, 2.24) is 4.31 Å². The number of ether oxygens (including phenoxy) is 1. The van der Waals surface area contributed by atoms with E-state index in [0.717, 1.165) is 17.8 Å². The summed E-state index contributed by atoms with van der Waals surface area (Å²) in [6.45, 7) is 0.858. The predicted molar refractivity (Wildman–Crippen MR) is 99.5 cm³/mol. The maximum Gasteiger partial charge on any atom is 0.246 e. The van der Waals surface area contributed by atoms with Crippen molar-refractivity contribution in [3.05, 3.63) is 54.3 Å². The molecule has 0 radical (unpaired) electrons. The van der Waals surface area contributed by atoms with Gasteiger partial charge in [0.05, 0.1) is 19.8 Å². The molecule has 144 valence electrons. The number of para-hydroxylation sites is 1. The number of hydrogen-bond donors (Lipinski definition) is 2. The Labute approximate surface area is 157 Å². The van der Waals surface area contributed by atoms with E-state index in [1.54, 1.807) is 0 Å². The average Bonchev–Trinajstić information content (AvgIpc) is 2.69. The van der Waals surface area contributed by atoms with Gasteiger partial charge < -0.3 is 15.4 Å². The van der Waals surface area contributed by atoms with Crippen molar-refractivity contribution in [3.8, 4) is 0 Å². The van der Waals surface area contributed by atoms with Crippen LogP contribution in [0.2, 0.25) is 0 Å². The molecule has 0 spiro atoms. The Balaban J connectivity index is 1.70. The van der Waals surface area contributed by atoms with Crippen LogP contribution in [0.25, 0.3) is 0 Å². The van der Waals surface area contributed by atoms with Crippen LogP contribution < -0.4 is 10.6 Å². The van der Waals surface area contributed by atoms with Gasteiger partial charge in [-0.15, -0.1) is 0 Å². The van der Waals surface area contributed by atoms with Crippen LogP contribution in [0.5, 0.6) is 0 Å². The molecular formula is C18H20FN3O4S. The minimum atomic E-state index is -3.99. The molecule has 0 atom stereocenters. The lowest BCUT2D eigenvalue weighted by atomic mass is 10.3. The fourth-order valence-corrected chi connectivity index (χ4v) is 4.15. The molecular weight excluding hydrogens is 373 g/mol. The van der Waals surface area contributed by atoms with Crippen molar-refractivity contribution in [3.63, 3.8) is 0 Å². The molecule has 0 aromatic heterocycles. The number of carbonyl (C=O) groups is 1. The molecule has 1 saturated heterocycles. The van der Waals surface area contributed by atoms with Crippen molar-refractivity contribution in [2.24, 2.45) is 0 Å². The molecule has 7 nitrogen and oxygen atoms in total. The Bertz CT molecular complexity index is 900. The maximum atomic E-state index is 14.2. The number of rotatable bonds is 6. The number of nitrogens with one attached hydrogen (secondary N) is 2. The van der Waals surface area contributed by atoms with Crippen LogP contribution in [0, 0.1) is 5.82 Å². The Hall–Kier alpha value is -2.49. The zero-order chi connectivity index (χ0) is 19.3. The minimum Gasteiger partial charge on any atom is -0.379 e. The molecule has 2 aromatic rings. The zero-order valence-electron chi connectivity index (χ0n) is 14.5. The van der Waals surface area contributed by atoms with Gasteiger partial charge in [0.2, 0.25) is 15.9 Å². The lowest BCUT2D eigenvalue weighted by molar-refractivity contribution is -0.114. The van der Waals surface area contributed by atoms with Crippen molar-refractivity contribution >= 4 is 27.3 Å². The Morgan fingerprint density at radius 1 is 1.07 bits per heavy atom. The first-order chi connectivity index (χ1) is 13.0. The van der Waals surface area contributed by atoms with Gasteiger partial charge in [-0.2, -0.15) is 4.31 Å². The lowest BCUT2D eigenvalue weighted by Gasteiger charge is -2.26. The average molecular weight is 393 g/mol. The predicted octanol–water partition coefficient (Wildman–Crippen LogP) is 1.90. The van der Waals surface area contributed by atoms with E-state index in [-0.39, 0.29) is 44.4 Å². The second kappa shape index (κ2) is 8.47. The standard InChI is InChI=1S/C18H20FN3O4S/c19-16-7-6-15(21-18(23)13-20-14-4-2-1-3-5-14)12-17(16)27(24,25)22-8-10-26-11-9-22/h1-7,12,20H,8-11,13H2,(H,21,23). The Kier molecular flexibility index (Phi) is 6.04. The van der Waals surface area contributed by atoms with Crippen molar-refractivity contribution in [2.45, 2.75) is 4.90 Å². The first-order valence-corrected chi connectivity index (χ1v) is 9.87. The Morgan fingerprint density at radius 2 is 1.78 bits per heavy atom. The van der Waals surface area contributed by atoms with Crippen LogP contribution in [-0.2, 0) is 19.6 Å². The number of morpholine rings is 1. The molecule has 9 heteroatoms. The highest BCUT2D eigenvalue weighted by Gasteiger charge is 2.29. The van der Waals surface area contributed by atoms with Crippen LogP contribution in [0.4, 0.5) is 15.8 Å². The number of hydrogen-bond acceptors (Lipinski definition) is 5. The molecule has 2 N–H and O–H groups in total. The van der Waals surface area contributed by atoms with E-state index in [1.807, 2.05) is 30.3 Å². The van der Waals surface area contributed by atoms with Crippen LogP contribution in [0.1, 0.15) is 0 Å². The van der Waals surface area contributed by atoms with Gasteiger partial charge in [0.1, 0.15) is 10.7 Å². The van der Waals surface area contributed by atoms with E-state index in [2.05, 4.69) is 10.6 Å². The summed E-state index contributed by atoms with van der Waals surface area (Å²) in [4.78, 5) is 11.6. The fourth-order valence-electron chi connectivity index (χ4n) is 2.65. The summed E-state index contributed by atoms with van der Waals surface area (Å²) in [5.41, 5.74) is 0.991. The van der Waals surface area contributed by atoms with Gasteiger partial charge in [0, 0.05) is 24.5 Å². The molecule has 2 aromatic carbocycles. The molecule has 1 fully saturated rings. The van der Waals surface area contributed by atoms with Gasteiger partial charge in [0.25, 0.3) is 0 Å². The highest BCUT2D eigenvalue weighted by molar-refractivity contribution is 7.89. The van der Waals surface area contributed by atoms with Gasteiger partial charge in [-0.25, -0.2) is 12.8 Å². The number of amides is 1. The molecule has 1 aliphatic rings. The first kappa shape index (κ1) is 19.3. The normalized spacial score (nSPS) is 15.3. The SMILES string of the molecule is O=C(CNc1ccccc1)Nc1ccc(F)c(S(=O)(=O)N2CCOCC2)c1. The van der Waals surface area contributed by atoms with Gasteiger partial charge in [-0.1, -0.05) is 18.2 Å². The third-order valence-electron chi connectivity index (χ3n) is 4.03. The molecule has 1 amide bonds. The van der Waals surface area contributed by atoms with Crippen molar-refractivity contribution in [1.29, 1.82) is 0 Å². The van der Waals surface area contributed by atoms with Gasteiger partial charge in [0.15, 0.2) is 0 Å². The molecule has 0 aliphatic carbocycles. The second-order valence-corrected chi connectivity index (χ2v) is 7.84. The van der Waals surface area contributed by atoms with Crippen LogP contribution in [-0.4, -0.2) is 51.5 Å². The number of nitrogens with zero attached hydrogens (tertiary/aromatic N) is 1. The lowest BCUT2D eigenvalue weighted by Crippen LogP contribution is -2.40. The van der Waals surface area contributed by atoms with Crippen LogP contribution in [0.3, 0.4) is 0 Å². The molecule has 0 unspecified atom stereocenters. The summed E-state index contributed by atoms with van der Waals surface area (Å²) in [7, 11) is -3.99. The zero-order valence-corrected chi connectivity index (χ0v) is 15.3. The number of carbonyl (C=O) groups excluding carboxylic acids is 1. The highest BCUT2D eigenvalue weighted by Crippen LogP contribution is 2.24. The first-order valence-electron chi connectivity index (χ1n) is 8.43. The highest BCUT2D eigenvalue weighted by atomic mass is 32.2. The van der Waals surface area contributed by atoms with Gasteiger partial charge >= 0.3 is 0 Å². The van der Waals surface area contributed by atoms with Crippen molar-refractivity contribution in [2.75, 3.05) is 43.5 Å². The maximum absolute atomic E-state index is 14.2. The minimum absolute atomic E-state index is 0.00701. The molecule has 27 heavy (non-hydrogen) atoms. The summed E-state index contributed by atoms with van der Waals surface area (Å²) in [5.74, 6) is -1.23. The number of halogens is 1. The molecule has 1 heterocycles. The van der Waals surface area contributed by atoms with Crippen LogP contribution in [0.15, 0.2) is 53.4 Å².